The highest BCUT2D eigenvalue weighted by Gasteiger charge is 2.47. The van der Waals surface area contributed by atoms with Crippen LogP contribution in [0.5, 0.6) is 11.5 Å². The molecule has 0 spiro atoms. The number of ketones is 1. The number of methoxy groups -OCH3 is 2. The standard InChI is InChI=1S/C43H53F4N5O13/c1-7-12-23(35(54)39(57)48-18-26(53)50-34(42(61)62)22-15-11-16-25(63-5)36(22)64-6)49-37(55)24-17-21(65-43(2,3)4)19-52(24)40(58)33(20-13-9-8-10-14-20)51-38(56)27-28(41(59)60)30(45)32(47)31(46)29(27)44/h11,15-16,20-21,23-24,33-34H,7-10,12-14,17-19H2,1-6H3,(H,48,57)(H,49,55)(H,50,53)(H,51,56)(H,59,60)(H,61,62). The highest BCUT2D eigenvalue weighted by molar-refractivity contribution is 6.38. The minimum absolute atomic E-state index is 0.0164. The summed E-state index contributed by atoms with van der Waals surface area (Å²) in [6.45, 7) is 5.62. The zero-order chi connectivity index (χ0) is 48.5. The molecule has 0 aromatic heterocycles. The fourth-order valence-electron chi connectivity index (χ4n) is 8.02. The largest absolute Gasteiger partial charge is 0.493 e. The zero-order valence-electron chi connectivity index (χ0n) is 36.6. The number of nitrogens with zero attached hydrogens (tertiary/aromatic N) is 1. The molecule has 2 fully saturated rings. The van der Waals surface area contributed by atoms with Crippen LogP contribution in [-0.4, -0.2) is 120 Å². The van der Waals surface area contributed by atoms with Gasteiger partial charge in [0.05, 0.1) is 44.1 Å². The average Bonchev–Trinajstić information content (AvgIpc) is 3.68. The lowest BCUT2D eigenvalue weighted by Gasteiger charge is -2.35. The second kappa shape index (κ2) is 22.0. The van der Waals surface area contributed by atoms with E-state index in [0.717, 1.165) is 11.3 Å². The van der Waals surface area contributed by atoms with Gasteiger partial charge >= 0.3 is 11.9 Å². The lowest BCUT2D eigenvalue weighted by molar-refractivity contribution is -0.144. The Bertz CT molecular complexity index is 2180. The van der Waals surface area contributed by atoms with Crippen molar-refractivity contribution in [2.45, 2.75) is 115 Å². The number of ether oxygens (including phenoxy) is 3. The van der Waals surface area contributed by atoms with Gasteiger partial charge in [-0.15, -0.1) is 0 Å². The molecule has 2 aromatic carbocycles. The number of carbonyl (C=O) groups is 8. The van der Waals surface area contributed by atoms with Crippen LogP contribution in [0.1, 0.15) is 111 Å². The SMILES string of the molecule is CCCC(NC(=O)C1CC(OC(C)(C)C)CN1C(=O)C(NC(=O)c1c(F)c(F)c(F)c(F)c1C(=O)O)C1CCCCC1)C(=O)C(=O)NCC(=O)NC(C(=O)O)c1cccc(OC)c1OC. The van der Waals surface area contributed by atoms with E-state index in [9.17, 15) is 61.7 Å². The van der Waals surface area contributed by atoms with Crippen molar-refractivity contribution < 1.29 is 80.3 Å². The molecule has 5 amide bonds. The Morgan fingerprint density at radius 3 is 2.03 bits per heavy atom. The molecule has 0 radical (unpaired) electrons. The Morgan fingerprint density at radius 2 is 1.48 bits per heavy atom. The van der Waals surface area contributed by atoms with Crippen LogP contribution in [-0.2, 0) is 33.5 Å². The summed E-state index contributed by atoms with van der Waals surface area (Å²) in [6.07, 6.45) is 1.59. The first-order chi connectivity index (χ1) is 30.6. The van der Waals surface area contributed by atoms with Crippen LogP contribution in [0.15, 0.2) is 18.2 Å². The molecule has 1 aliphatic carbocycles. The van der Waals surface area contributed by atoms with E-state index in [0.29, 0.717) is 25.7 Å². The minimum atomic E-state index is -2.47. The molecule has 22 heteroatoms. The number of benzene rings is 2. The second-order valence-electron chi connectivity index (χ2n) is 16.6. The van der Waals surface area contributed by atoms with Crippen molar-refractivity contribution in [2.24, 2.45) is 5.92 Å². The van der Waals surface area contributed by atoms with E-state index < -0.39 is 130 Å². The van der Waals surface area contributed by atoms with E-state index in [1.807, 2.05) is 0 Å². The molecule has 1 aliphatic heterocycles. The highest BCUT2D eigenvalue weighted by Crippen LogP contribution is 2.35. The number of para-hydroxylation sites is 1. The van der Waals surface area contributed by atoms with E-state index in [4.69, 9.17) is 14.2 Å². The Morgan fingerprint density at radius 1 is 0.846 bits per heavy atom. The van der Waals surface area contributed by atoms with Crippen LogP contribution in [0.3, 0.4) is 0 Å². The number of carbonyl (C=O) groups excluding carboxylic acids is 6. The predicted octanol–water partition coefficient (Wildman–Crippen LogP) is 3.33. The molecular formula is C43H53F4N5O13. The van der Waals surface area contributed by atoms with Gasteiger partial charge in [-0.3, -0.25) is 28.8 Å². The van der Waals surface area contributed by atoms with Gasteiger partial charge in [0, 0.05) is 18.5 Å². The number of aliphatic carboxylic acids is 1. The zero-order valence-corrected chi connectivity index (χ0v) is 36.6. The van der Waals surface area contributed by atoms with Crippen LogP contribution in [0.25, 0.3) is 0 Å². The molecule has 4 rings (SSSR count). The Balaban J connectivity index is 1.58. The number of hydrogen-bond acceptors (Lipinski definition) is 11. The van der Waals surface area contributed by atoms with Gasteiger partial charge in [0.15, 0.2) is 40.8 Å². The van der Waals surface area contributed by atoms with Gasteiger partial charge in [-0.25, -0.2) is 27.2 Å². The third-order valence-electron chi connectivity index (χ3n) is 10.9. The van der Waals surface area contributed by atoms with Crippen molar-refractivity contribution in [3.8, 4) is 11.5 Å². The van der Waals surface area contributed by atoms with Gasteiger partial charge in [0.25, 0.3) is 11.8 Å². The average molecular weight is 924 g/mol. The number of amides is 5. The molecule has 5 atom stereocenters. The van der Waals surface area contributed by atoms with E-state index in [1.54, 1.807) is 27.7 Å². The van der Waals surface area contributed by atoms with Crippen LogP contribution < -0.4 is 30.7 Å². The number of carboxylic acid groups (broad SMARTS) is 2. The number of rotatable bonds is 19. The van der Waals surface area contributed by atoms with Gasteiger partial charge in [0.2, 0.25) is 23.5 Å². The third kappa shape index (κ3) is 12.3. The molecule has 5 unspecified atom stereocenters. The topological polar surface area (TPSA) is 256 Å². The smallest absolute Gasteiger partial charge is 0.339 e. The first kappa shape index (κ1) is 51.3. The minimum Gasteiger partial charge on any atom is -0.493 e. The molecule has 2 aromatic rings. The summed E-state index contributed by atoms with van der Waals surface area (Å²) < 4.78 is 74.8. The molecule has 6 N–H and O–H groups in total. The summed E-state index contributed by atoms with van der Waals surface area (Å²) in [5, 5.41) is 28.5. The Hall–Kier alpha value is -6.32. The van der Waals surface area contributed by atoms with Crippen molar-refractivity contribution in [2.75, 3.05) is 27.3 Å². The fraction of sp³-hybridized carbons (Fsp3) is 0.535. The maximum absolute atomic E-state index is 15.1. The molecule has 65 heavy (non-hydrogen) atoms. The van der Waals surface area contributed by atoms with Crippen LogP contribution in [0.2, 0.25) is 0 Å². The molecule has 0 bridgehead atoms. The first-order valence-electron chi connectivity index (χ1n) is 20.8. The quantitative estimate of drug-likeness (QED) is 0.0513. The van der Waals surface area contributed by atoms with E-state index in [1.165, 1.54) is 32.4 Å². The monoisotopic (exact) mass is 923 g/mol. The predicted molar refractivity (Wildman–Crippen MR) is 219 cm³/mol. The van der Waals surface area contributed by atoms with Crippen molar-refractivity contribution in [3.63, 3.8) is 0 Å². The summed E-state index contributed by atoms with van der Waals surface area (Å²) in [6, 6.07) is -1.91. The van der Waals surface area contributed by atoms with Crippen molar-refractivity contribution in [1.82, 2.24) is 26.2 Å². The van der Waals surface area contributed by atoms with Crippen molar-refractivity contribution >= 4 is 47.3 Å². The Labute approximate surface area is 371 Å². The van der Waals surface area contributed by atoms with E-state index >= 15 is 4.39 Å². The maximum Gasteiger partial charge on any atom is 0.339 e. The lowest BCUT2D eigenvalue weighted by Crippen LogP contribution is -2.58. The molecular weight excluding hydrogens is 870 g/mol. The first-order valence-corrected chi connectivity index (χ1v) is 20.8. The van der Waals surface area contributed by atoms with Crippen molar-refractivity contribution in [1.29, 1.82) is 0 Å². The van der Waals surface area contributed by atoms with Gasteiger partial charge in [-0.05, 0) is 52.0 Å². The summed E-state index contributed by atoms with van der Waals surface area (Å²) in [5.74, 6) is -21.0. The summed E-state index contributed by atoms with van der Waals surface area (Å²) in [4.78, 5) is 107. The summed E-state index contributed by atoms with van der Waals surface area (Å²) >= 11 is 0. The van der Waals surface area contributed by atoms with Crippen molar-refractivity contribution in [3.05, 3.63) is 58.2 Å². The number of hydrogen-bond donors (Lipinski definition) is 6. The molecule has 1 saturated heterocycles. The number of likely N-dealkylation sites (tertiary alicyclic amines) is 1. The molecule has 18 nitrogen and oxygen atoms in total. The summed E-state index contributed by atoms with van der Waals surface area (Å²) in [5.41, 5.74) is -4.30. The normalized spacial score (nSPS) is 17.8. The van der Waals surface area contributed by atoms with Crippen LogP contribution in [0.4, 0.5) is 17.6 Å². The molecule has 1 saturated carbocycles. The third-order valence-corrected chi connectivity index (χ3v) is 10.9. The Kier molecular flexibility index (Phi) is 17.4. The van der Waals surface area contributed by atoms with Crippen LogP contribution >= 0.6 is 0 Å². The molecule has 1 heterocycles. The molecule has 2 aliphatic rings. The van der Waals surface area contributed by atoms with Crippen LogP contribution in [0, 0.1) is 29.2 Å². The number of aromatic carboxylic acids is 1. The summed E-state index contributed by atoms with van der Waals surface area (Å²) in [7, 11) is 2.59. The highest BCUT2D eigenvalue weighted by atomic mass is 19.2. The number of carboxylic acids is 2. The molecule has 356 valence electrons. The maximum atomic E-state index is 15.1. The number of nitrogens with one attached hydrogen (secondary N) is 4. The van der Waals surface area contributed by atoms with Gasteiger partial charge in [-0.1, -0.05) is 44.7 Å². The van der Waals surface area contributed by atoms with Gasteiger partial charge in [-0.2, -0.15) is 0 Å². The van der Waals surface area contributed by atoms with Gasteiger partial charge < -0.3 is 50.6 Å². The fourth-order valence-corrected chi connectivity index (χ4v) is 8.02. The van der Waals surface area contributed by atoms with E-state index in [-0.39, 0.29) is 42.9 Å². The lowest BCUT2D eigenvalue weighted by atomic mass is 9.83. The van der Waals surface area contributed by atoms with E-state index in [2.05, 4.69) is 21.3 Å². The van der Waals surface area contributed by atoms with Gasteiger partial charge in [0.1, 0.15) is 17.6 Å². The number of Topliss-reactive ketones (excluding diaryl/α,β-unsaturated/α-hetero) is 1. The second-order valence-corrected chi connectivity index (χ2v) is 16.6. The number of halogens is 4.